The molecule has 0 aliphatic carbocycles. The average molecular weight is 596 g/mol. The van der Waals surface area contributed by atoms with Gasteiger partial charge in [-0.1, -0.05) is 53.2 Å². The molecule has 0 bridgehead atoms. The number of halogens is 2. The van der Waals surface area contributed by atoms with Crippen molar-refractivity contribution in [2.45, 2.75) is 18.7 Å². The van der Waals surface area contributed by atoms with Crippen LogP contribution in [0.1, 0.15) is 22.8 Å². The largest absolute Gasteiger partial charge is 1.00 e. The van der Waals surface area contributed by atoms with Crippen LogP contribution in [0.15, 0.2) is 75.8 Å². The molecular weight excluding hydrogens is 576 g/mol. The zero-order valence-corrected chi connectivity index (χ0v) is 25.4. The van der Waals surface area contributed by atoms with Gasteiger partial charge in [-0.05, 0) is 55.1 Å². The van der Waals surface area contributed by atoms with Gasteiger partial charge in [-0.25, -0.2) is 0 Å². The summed E-state index contributed by atoms with van der Waals surface area (Å²) in [7, 11) is -4.67. The molecule has 13 heteroatoms. The normalized spacial score (nSPS) is 11.4. The molecule has 0 radical (unpaired) electrons. The molecule has 2 N–H and O–H groups in total. The number of fused-ring (bicyclic) bond motifs is 1. The summed E-state index contributed by atoms with van der Waals surface area (Å²) in [6, 6.07) is 15.1. The molecule has 0 unspecified atom stereocenters. The fourth-order valence-electron chi connectivity index (χ4n) is 3.69. The van der Waals surface area contributed by atoms with E-state index in [2.05, 4.69) is 15.5 Å². The van der Waals surface area contributed by atoms with Crippen molar-refractivity contribution < 1.29 is 57.2 Å². The number of amides is 1. The molecule has 0 spiro atoms. The summed E-state index contributed by atoms with van der Waals surface area (Å²) in [5, 5.41) is 25.4. The number of benzene rings is 4. The molecule has 4 aromatic rings. The topological polar surface area (TPSA) is 140 Å². The van der Waals surface area contributed by atoms with Crippen molar-refractivity contribution in [2.24, 2.45) is 10.2 Å². The fraction of sp³-hybridized carbons (Fsp3) is 0.115. The molecule has 0 saturated heterocycles. The Hall–Kier alpha value is -2.70. The van der Waals surface area contributed by atoms with Crippen LogP contribution in [-0.4, -0.2) is 25.5 Å². The van der Waals surface area contributed by atoms with E-state index in [1.54, 1.807) is 50.2 Å². The Morgan fingerprint density at radius 3 is 2.49 bits per heavy atom. The molecule has 1 amide bonds. The molecule has 0 fully saturated rings. The van der Waals surface area contributed by atoms with E-state index in [4.69, 9.17) is 27.9 Å². The number of carbonyl (C=O) groups is 1. The van der Waals surface area contributed by atoms with E-state index in [9.17, 15) is 22.9 Å². The second kappa shape index (κ2) is 12.6. The molecule has 39 heavy (non-hydrogen) atoms. The predicted molar refractivity (Wildman–Crippen MR) is 144 cm³/mol. The van der Waals surface area contributed by atoms with E-state index in [0.717, 1.165) is 6.07 Å². The van der Waals surface area contributed by atoms with Gasteiger partial charge < -0.3 is 15.2 Å². The van der Waals surface area contributed by atoms with Gasteiger partial charge in [-0.2, -0.15) is 13.5 Å². The second-order valence-electron chi connectivity index (χ2n) is 8.13. The number of ether oxygens (including phenoxy) is 1. The third-order valence-corrected chi connectivity index (χ3v) is 6.94. The molecule has 0 aliphatic rings. The van der Waals surface area contributed by atoms with Crippen molar-refractivity contribution in [3.63, 3.8) is 0 Å². The molecule has 196 valence electrons. The van der Waals surface area contributed by atoms with Gasteiger partial charge >= 0.3 is 29.6 Å². The Labute approximate surface area is 256 Å². The summed E-state index contributed by atoms with van der Waals surface area (Å²) < 4.78 is 38.9. The van der Waals surface area contributed by atoms with Crippen LogP contribution in [0.5, 0.6) is 11.5 Å². The number of nitrogens with one attached hydrogen (secondary N) is 1. The molecular formula is C26H20Cl2N3NaO6S. The Balaban J connectivity index is 0.00000420. The number of carbonyl (C=O) groups excluding carboxylic acids is 1. The van der Waals surface area contributed by atoms with E-state index in [-0.39, 0.29) is 51.5 Å². The van der Waals surface area contributed by atoms with Crippen LogP contribution >= 0.6 is 23.2 Å². The average Bonchev–Trinajstić information content (AvgIpc) is 2.84. The molecule has 4 rings (SSSR count). The Morgan fingerprint density at radius 1 is 1.08 bits per heavy atom. The minimum Gasteiger partial charge on any atom is -0.870 e. The van der Waals surface area contributed by atoms with Gasteiger partial charge in [0.05, 0.1) is 12.3 Å². The van der Waals surface area contributed by atoms with Crippen molar-refractivity contribution in [1.29, 1.82) is 0 Å². The Kier molecular flexibility index (Phi) is 10.0. The van der Waals surface area contributed by atoms with E-state index >= 15 is 0 Å². The number of nitrogens with zero attached hydrogens (tertiary/aromatic N) is 2. The van der Waals surface area contributed by atoms with Crippen LogP contribution < -0.4 is 44.7 Å². The van der Waals surface area contributed by atoms with Gasteiger partial charge in [0.1, 0.15) is 16.3 Å². The second-order valence-corrected chi connectivity index (χ2v) is 10.4. The smallest absolute Gasteiger partial charge is 0.870 e. The van der Waals surface area contributed by atoms with Crippen LogP contribution in [0.2, 0.25) is 10.0 Å². The number of azo groups is 1. The standard InChI is InChI=1S/C26H21Cl2N3O6S.Na/c1-3-37-18-11-16(27)10-17(12-18)29-26(33)20-9-15-6-4-5-7-19(15)24(25(20)32)31-30-22-13-21(28)14(2)8-23(22)38(34,35)36;/h4-13,32H,3H2,1-2H3,(H,29,33)(H,34,35,36);/q;+1/p-1. The number of hydrogen-bond donors (Lipinski definition) is 2. The van der Waals surface area contributed by atoms with Crippen molar-refractivity contribution in [2.75, 3.05) is 11.9 Å². The first-order valence-corrected chi connectivity index (χ1v) is 13.3. The summed E-state index contributed by atoms with van der Waals surface area (Å²) in [5.41, 5.74) is -0.00200. The van der Waals surface area contributed by atoms with E-state index < -0.39 is 26.7 Å². The summed E-state index contributed by atoms with van der Waals surface area (Å²) >= 11 is 12.2. The van der Waals surface area contributed by atoms with Gasteiger partial charge in [0.15, 0.2) is 0 Å². The number of aryl methyl sites for hydroxylation is 1. The van der Waals surface area contributed by atoms with Crippen LogP contribution in [0.3, 0.4) is 0 Å². The van der Waals surface area contributed by atoms with Crippen molar-refractivity contribution >= 4 is 67.1 Å². The number of hydrogen-bond acceptors (Lipinski definition) is 7. The quantitative estimate of drug-likeness (QED) is 0.189. The molecule has 0 aliphatic heterocycles. The van der Waals surface area contributed by atoms with E-state index in [0.29, 0.717) is 39.4 Å². The van der Waals surface area contributed by atoms with Gasteiger partial charge in [0, 0.05) is 32.7 Å². The summed E-state index contributed by atoms with van der Waals surface area (Å²) in [5.74, 6) is -1.03. The SMILES string of the molecule is CCOc1cc(Cl)cc(NC(=O)c2cc3ccccc3c(N=Nc3cc(Cl)c(C)cc3S(=O)(=O)O)c2[O-])c1.[Na+]. The maximum Gasteiger partial charge on any atom is 1.00 e. The van der Waals surface area contributed by atoms with E-state index in [1.165, 1.54) is 18.2 Å². The Bertz CT molecular complexity index is 1710. The van der Waals surface area contributed by atoms with Gasteiger partial charge in [0.2, 0.25) is 0 Å². The van der Waals surface area contributed by atoms with Crippen LogP contribution in [0.25, 0.3) is 10.8 Å². The maximum atomic E-state index is 13.4. The zero-order valence-electron chi connectivity index (χ0n) is 21.0. The maximum absolute atomic E-state index is 13.4. The third kappa shape index (κ3) is 7.09. The van der Waals surface area contributed by atoms with Crippen LogP contribution in [0, 0.1) is 6.92 Å². The van der Waals surface area contributed by atoms with Gasteiger partial charge in [-0.15, -0.1) is 5.11 Å². The predicted octanol–water partition coefficient (Wildman–Crippen LogP) is 3.85. The first-order valence-electron chi connectivity index (χ1n) is 11.1. The molecule has 0 saturated carbocycles. The van der Waals surface area contributed by atoms with Crippen LogP contribution in [0.4, 0.5) is 17.1 Å². The minimum absolute atomic E-state index is 0. The summed E-state index contributed by atoms with van der Waals surface area (Å²) in [4.78, 5) is 12.6. The molecule has 4 aromatic carbocycles. The van der Waals surface area contributed by atoms with Gasteiger partial charge in [0.25, 0.3) is 16.0 Å². The molecule has 0 heterocycles. The van der Waals surface area contributed by atoms with Crippen molar-refractivity contribution in [1.82, 2.24) is 0 Å². The van der Waals surface area contributed by atoms with Crippen molar-refractivity contribution in [3.05, 3.63) is 81.8 Å². The summed E-state index contributed by atoms with van der Waals surface area (Å²) in [6.07, 6.45) is 0. The first-order chi connectivity index (χ1) is 18.0. The fourth-order valence-corrected chi connectivity index (χ4v) is 4.77. The number of rotatable bonds is 7. The molecule has 0 atom stereocenters. The monoisotopic (exact) mass is 595 g/mol. The minimum atomic E-state index is -4.67. The number of anilines is 1. The van der Waals surface area contributed by atoms with Crippen LogP contribution in [-0.2, 0) is 10.1 Å². The third-order valence-electron chi connectivity index (χ3n) is 5.44. The summed E-state index contributed by atoms with van der Waals surface area (Å²) in [6.45, 7) is 3.75. The molecule has 0 aromatic heterocycles. The van der Waals surface area contributed by atoms with Crippen molar-refractivity contribution in [3.8, 4) is 11.5 Å². The van der Waals surface area contributed by atoms with Gasteiger partial charge in [-0.3, -0.25) is 9.35 Å². The molecule has 9 nitrogen and oxygen atoms in total. The van der Waals surface area contributed by atoms with E-state index in [1.807, 2.05) is 0 Å². The Morgan fingerprint density at radius 2 is 1.79 bits per heavy atom. The first kappa shape index (κ1) is 30.8. The zero-order chi connectivity index (χ0) is 27.6.